The summed E-state index contributed by atoms with van der Waals surface area (Å²) in [5.41, 5.74) is -0.732. The molecule has 1 unspecified atom stereocenters. The molecule has 8 heteroatoms. The van der Waals surface area contributed by atoms with E-state index >= 15 is 0 Å². The highest BCUT2D eigenvalue weighted by Crippen LogP contribution is 2.68. The molecule has 0 aromatic carbocycles. The van der Waals surface area contributed by atoms with Crippen molar-refractivity contribution in [2.24, 2.45) is 28.6 Å². The minimum Gasteiger partial charge on any atom is -0.458 e. The molecular formula is C35H55NO6S. The van der Waals surface area contributed by atoms with E-state index in [0.29, 0.717) is 37.8 Å². The van der Waals surface area contributed by atoms with Crippen molar-refractivity contribution in [3.63, 3.8) is 0 Å². The summed E-state index contributed by atoms with van der Waals surface area (Å²) in [4.78, 5) is 40.7. The Morgan fingerprint density at radius 3 is 2.47 bits per heavy atom. The Bertz CT molecular complexity index is 1120. The molecule has 0 radical (unpaired) electrons. The fraction of sp³-hybridized carbons (Fsp3) is 0.800. The van der Waals surface area contributed by atoms with E-state index in [1.165, 1.54) is 0 Å². The quantitative estimate of drug-likeness (QED) is 0.206. The molecule has 0 aromatic rings. The predicted octanol–water partition coefficient (Wildman–Crippen LogP) is 5.52. The Morgan fingerprint density at radius 2 is 1.79 bits per heavy atom. The number of unbranched alkanes of at least 4 members (excludes halogenated alkanes) is 1. The summed E-state index contributed by atoms with van der Waals surface area (Å²) in [6, 6.07) is 1.06. The van der Waals surface area contributed by atoms with Crippen molar-refractivity contribution in [3.05, 3.63) is 23.3 Å². The van der Waals surface area contributed by atoms with E-state index in [1.54, 1.807) is 12.2 Å². The Hall–Kier alpha value is -1.48. The van der Waals surface area contributed by atoms with Crippen molar-refractivity contribution in [2.45, 2.75) is 124 Å². The van der Waals surface area contributed by atoms with Crippen LogP contribution in [0.25, 0.3) is 0 Å². The molecule has 0 aliphatic heterocycles. The Morgan fingerprint density at radius 1 is 1.09 bits per heavy atom. The summed E-state index contributed by atoms with van der Waals surface area (Å²) < 4.78 is 5.39. The number of carbonyl (C=O) groups is 3. The maximum absolute atomic E-state index is 13.5. The van der Waals surface area contributed by atoms with Gasteiger partial charge in [0, 0.05) is 47.6 Å². The van der Waals surface area contributed by atoms with Gasteiger partial charge in [-0.15, -0.1) is 0 Å². The molecular weight excluding hydrogens is 562 g/mol. The van der Waals surface area contributed by atoms with E-state index in [0.717, 1.165) is 48.5 Å². The van der Waals surface area contributed by atoms with Gasteiger partial charge >= 0.3 is 5.97 Å². The maximum Gasteiger partial charge on any atom is 0.306 e. The third-order valence-corrected chi connectivity index (χ3v) is 12.8. The Balaban J connectivity index is 1.28. The molecule has 0 bridgehead atoms. The van der Waals surface area contributed by atoms with Crippen LogP contribution in [0, 0.1) is 28.6 Å². The SMILES string of the molecule is CC1=CC(=O)C=C2CC[C@@H]3[C@H](C(O)C[C@@]4(C)[C@H]3CC[C@]4(O)C(=O)COC(=O)CCCCSCCN(C(C)C)C(C)C)[C@@]12C. The van der Waals surface area contributed by atoms with Crippen LogP contribution in [0.4, 0.5) is 0 Å². The van der Waals surface area contributed by atoms with Crippen LogP contribution in [0.5, 0.6) is 0 Å². The van der Waals surface area contributed by atoms with Gasteiger partial charge in [-0.25, -0.2) is 0 Å². The second kappa shape index (κ2) is 13.5. The number of allylic oxidation sites excluding steroid dienone is 4. The van der Waals surface area contributed by atoms with Crippen molar-refractivity contribution in [3.8, 4) is 0 Å². The lowest BCUT2D eigenvalue weighted by molar-refractivity contribution is -0.181. The molecule has 4 aliphatic rings. The first-order valence-corrected chi connectivity index (χ1v) is 17.7. The molecule has 7 nitrogen and oxygen atoms in total. The van der Waals surface area contributed by atoms with E-state index in [2.05, 4.69) is 39.5 Å². The lowest BCUT2D eigenvalue weighted by atomic mass is 9.45. The van der Waals surface area contributed by atoms with Crippen molar-refractivity contribution >= 4 is 29.3 Å². The van der Waals surface area contributed by atoms with E-state index in [9.17, 15) is 24.6 Å². The number of hydrogen-bond donors (Lipinski definition) is 2. The molecule has 2 N–H and O–H groups in total. The van der Waals surface area contributed by atoms with Crippen molar-refractivity contribution in [2.75, 3.05) is 24.7 Å². The first kappa shape index (κ1) is 34.4. The number of Topliss-reactive ketones (excluding diaryl/α,β-unsaturated/α-hetero) is 1. The van der Waals surface area contributed by atoms with Crippen LogP contribution < -0.4 is 0 Å². The third-order valence-electron chi connectivity index (χ3n) is 11.7. The van der Waals surface area contributed by atoms with Gasteiger partial charge in [-0.05, 0) is 109 Å². The molecule has 3 fully saturated rings. The lowest BCUT2D eigenvalue weighted by Gasteiger charge is -2.60. The van der Waals surface area contributed by atoms with Gasteiger partial charge in [0.15, 0.2) is 12.4 Å². The standard InChI is InChI=1S/C35H55NO6S/c1-22(2)36(23(3)4)15-17-43-16-9-8-10-31(40)42-21-30(39)35(41)14-13-28-27-12-11-25-19-26(37)18-24(5)34(25,7)32(27)29(38)20-33(28,35)6/h18-19,22-23,27-29,32,38,41H,8-17,20-21H2,1-7H3/t27-,28-,29?,32+,33-,34-,35-/m0/s1. The number of aliphatic hydroxyl groups excluding tert-OH is 1. The van der Waals surface area contributed by atoms with Crippen LogP contribution in [-0.2, 0) is 19.1 Å². The molecule has 4 rings (SSSR count). The highest BCUT2D eigenvalue weighted by molar-refractivity contribution is 7.99. The number of hydrogen-bond acceptors (Lipinski definition) is 8. The first-order chi connectivity index (χ1) is 20.2. The van der Waals surface area contributed by atoms with Crippen LogP contribution >= 0.6 is 11.8 Å². The van der Waals surface area contributed by atoms with Gasteiger partial charge in [0.2, 0.25) is 5.78 Å². The lowest BCUT2D eigenvalue weighted by Crippen LogP contribution is -2.62. The van der Waals surface area contributed by atoms with Gasteiger partial charge in [-0.1, -0.05) is 25.0 Å². The smallest absolute Gasteiger partial charge is 0.306 e. The number of carbonyl (C=O) groups excluding carboxylic acids is 3. The summed E-state index contributed by atoms with van der Waals surface area (Å²) in [6.45, 7) is 15.6. The molecule has 43 heavy (non-hydrogen) atoms. The number of fused-ring (bicyclic) bond motifs is 5. The van der Waals surface area contributed by atoms with E-state index in [1.807, 2.05) is 25.6 Å². The summed E-state index contributed by atoms with van der Waals surface area (Å²) >= 11 is 1.90. The normalized spacial score (nSPS) is 35.4. The Kier molecular flexibility index (Phi) is 10.8. The van der Waals surface area contributed by atoms with Crippen LogP contribution in [-0.4, -0.2) is 81.1 Å². The van der Waals surface area contributed by atoms with Crippen LogP contribution in [0.15, 0.2) is 23.3 Å². The van der Waals surface area contributed by atoms with Crippen molar-refractivity contribution in [1.29, 1.82) is 0 Å². The van der Waals surface area contributed by atoms with Gasteiger partial charge < -0.3 is 14.9 Å². The summed E-state index contributed by atoms with van der Waals surface area (Å²) in [5, 5.41) is 23.5. The van der Waals surface area contributed by atoms with E-state index < -0.39 is 40.9 Å². The second-order valence-corrected chi connectivity index (χ2v) is 15.8. The number of esters is 1. The Labute approximate surface area is 263 Å². The second-order valence-electron chi connectivity index (χ2n) is 14.6. The van der Waals surface area contributed by atoms with E-state index in [-0.39, 0.29) is 30.0 Å². The molecule has 4 aliphatic carbocycles. The van der Waals surface area contributed by atoms with Crippen molar-refractivity contribution < 1.29 is 29.3 Å². The zero-order chi connectivity index (χ0) is 31.7. The van der Waals surface area contributed by atoms with Gasteiger partial charge in [0.25, 0.3) is 0 Å². The number of ketones is 2. The summed E-state index contributed by atoms with van der Waals surface area (Å²) in [7, 11) is 0. The fourth-order valence-electron chi connectivity index (χ4n) is 9.34. The van der Waals surface area contributed by atoms with Crippen molar-refractivity contribution in [1.82, 2.24) is 4.90 Å². The van der Waals surface area contributed by atoms with Crippen LogP contribution in [0.3, 0.4) is 0 Å². The number of ether oxygens (including phenoxy) is 1. The molecule has 0 heterocycles. The van der Waals surface area contributed by atoms with Gasteiger partial charge in [-0.3, -0.25) is 19.3 Å². The highest BCUT2D eigenvalue weighted by atomic mass is 32.2. The number of thioether (sulfide) groups is 1. The minimum atomic E-state index is -1.63. The minimum absolute atomic E-state index is 0.0168. The van der Waals surface area contributed by atoms with Gasteiger partial charge in [-0.2, -0.15) is 11.8 Å². The highest BCUT2D eigenvalue weighted by Gasteiger charge is 2.68. The molecule has 7 atom stereocenters. The van der Waals surface area contributed by atoms with Gasteiger partial charge in [0.05, 0.1) is 6.10 Å². The zero-order valence-electron chi connectivity index (χ0n) is 27.5. The average molecular weight is 618 g/mol. The molecule has 0 saturated heterocycles. The number of nitrogens with zero attached hydrogens (tertiary/aromatic N) is 1. The molecule has 242 valence electrons. The first-order valence-electron chi connectivity index (χ1n) is 16.5. The van der Waals surface area contributed by atoms with Crippen LogP contribution in [0.2, 0.25) is 0 Å². The zero-order valence-corrected chi connectivity index (χ0v) is 28.3. The largest absolute Gasteiger partial charge is 0.458 e. The summed E-state index contributed by atoms with van der Waals surface area (Å²) in [5.74, 6) is 1.36. The fourth-order valence-corrected chi connectivity index (χ4v) is 10.3. The molecule has 0 amide bonds. The molecule has 0 spiro atoms. The predicted molar refractivity (Wildman–Crippen MR) is 172 cm³/mol. The van der Waals surface area contributed by atoms with E-state index in [4.69, 9.17) is 4.74 Å². The van der Waals surface area contributed by atoms with Crippen LogP contribution in [0.1, 0.15) is 99.8 Å². The third kappa shape index (κ3) is 6.45. The molecule has 3 saturated carbocycles. The number of aliphatic hydroxyl groups is 2. The monoisotopic (exact) mass is 617 g/mol. The molecule has 0 aromatic heterocycles. The van der Waals surface area contributed by atoms with Gasteiger partial charge in [0.1, 0.15) is 5.60 Å². The average Bonchev–Trinajstić information content (AvgIpc) is 3.19. The summed E-state index contributed by atoms with van der Waals surface area (Å²) in [6.07, 6.45) is 7.56. The topological polar surface area (TPSA) is 104 Å². The maximum atomic E-state index is 13.5. The number of rotatable bonds is 13.